The molecule has 2 aliphatic carbocycles. The molecule has 4 nitrogen and oxygen atoms in total. The third kappa shape index (κ3) is 2.95. The molecule has 19 heavy (non-hydrogen) atoms. The molecule has 2 saturated carbocycles. The lowest BCUT2D eigenvalue weighted by atomic mass is 9.54. The molecule has 1 spiro atoms. The van der Waals surface area contributed by atoms with E-state index in [9.17, 15) is 4.79 Å². The minimum atomic E-state index is -0.703. The highest BCUT2D eigenvalue weighted by molar-refractivity contribution is 5.66. The quantitative estimate of drug-likeness (QED) is 0.805. The number of nitrogens with zero attached hydrogens (tertiary/aromatic N) is 1. The summed E-state index contributed by atoms with van der Waals surface area (Å²) in [5, 5.41) is 8.82. The van der Waals surface area contributed by atoms with Crippen LogP contribution in [0.4, 0.5) is 0 Å². The molecule has 0 aromatic rings. The number of carboxylic acid groups (broad SMARTS) is 1. The fourth-order valence-corrected chi connectivity index (χ4v) is 4.07. The van der Waals surface area contributed by atoms with Crippen LogP contribution in [0.15, 0.2) is 0 Å². The zero-order valence-electron chi connectivity index (χ0n) is 12.2. The number of ether oxygens (including phenoxy) is 1. The average Bonchev–Trinajstić information content (AvgIpc) is 2.41. The van der Waals surface area contributed by atoms with Gasteiger partial charge in [0.25, 0.3) is 0 Å². The van der Waals surface area contributed by atoms with Gasteiger partial charge >= 0.3 is 5.97 Å². The topological polar surface area (TPSA) is 49.8 Å². The molecular weight excluding hydrogens is 242 g/mol. The summed E-state index contributed by atoms with van der Waals surface area (Å²) in [5.41, 5.74) is 0.307. The van der Waals surface area contributed by atoms with Crippen molar-refractivity contribution in [2.45, 2.75) is 64.0 Å². The SMILES string of the molecule is CCO[C@H]1C[C@H](N(C)CCC(=O)O)C12CCCCC2. The van der Waals surface area contributed by atoms with Crippen molar-refractivity contribution in [1.82, 2.24) is 4.90 Å². The Balaban J connectivity index is 1.98. The third-order valence-electron chi connectivity index (χ3n) is 5.10. The second kappa shape index (κ2) is 6.23. The molecule has 110 valence electrons. The smallest absolute Gasteiger partial charge is 0.304 e. The van der Waals surface area contributed by atoms with E-state index in [1.54, 1.807) is 0 Å². The average molecular weight is 269 g/mol. The lowest BCUT2D eigenvalue weighted by Gasteiger charge is -2.60. The van der Waals surface area contributed by atoms with Crippen molar-refractivity contribution in [3.8, 4) is 0 Å². The number of carboxylic acids is 1. The van der Waals surface area contributed by atoms with Crippen molar-refractivity contribution >= 4 is 5.97 Å². The summed E-state index contributed by atoms with van der Waals surface area (Å²) in [6.07, 6.45) is 8.15. The maximum absolute atomic E-state index is 10.7. The highest BCUT2D eigenvalue weighted by Gasteiger charge is 2.56. The minimum absolute atomic E-state index is 0.238. The Kier molecular flexibility index (Phi) is 4.85. The van der Waals surface area contributed by atoms with Crippen molar-refractivity contribution in [2.24, 2.45) is 5.41 Å². The Morgan fingerprint density at radius 1 is 1.37 bits per heavy atom. The fourth-order valence-electron chi connectivity index (χ4n) is 4.07. The molecule has 2 rings (SSSR count). The van der Waals surface area contributed by atoms with Crippen LogP contribution < -0.4 is 0 Å². The molecule has 0 aliphatic heterocycles. The van der Waals surface area contributed by atoms with Crippen LogP contribution in [-0.2, 0) is 9.53 Å². The van der Waals surface area contributed by atoms with E-state index in [0.717, 1.165) is 13.0 Å². The molecule has 0 saturated heterocycles. The molecule has 0 bridgehead atoms. The van der Waals surface area contributed by atoms with E-state index >= 15 is 0 Å². The summed E-state index contributed by atoms with van der Waals surface area (Å²) >= 11 is 0. The first kappa shape index (κ1) is 14.8. The van der Waals surface area contributed by atoms with E-state index < -0.39 is 5.97 Å². The van der Waals surface area contributed by atoms with Gasteiger partial charge in [-0.3, -0.25) is 4.79 Å². The van der Waals surface area contributed by atoms with Gasteiger partial charge in [-0.25, -0.2) is 0 Å². The zero-order valence-corrected chi connectivity index (χ0v) is 12.2. The normalized spacial score (nSPS) is 29.4. The molecule has 2 atom stereocenters. The Morgan fingerprint density at radius 2 is 2.05 bits per heavy atom. The molecule has 4 heteroatoms. The van der Waals surface area contributed by atoms with Gasteiger partial charge < -0.3 is 14.7 Å². The van der Waals surface area contributed by atoms with Crippen molar-refractivity contribution in [3.05, 3.63) is 0 Å². The number of rotatable bonds is 6. The van der Waals surface area contributed by atoms with Crippen LogP contribution in [0.25, 0.3) is 0 Å². The molecule has 0 aromatic heterocycles. The fraction of sp³-hybridized carbons (Fsp3) is 0.933. The standard InChI is InChI=1S/C15H27NO3/c1-3-19-13-11-12(16(2)10-7-14(17)18)15(13)8-5-4-6-9-15/h12-13H,3-11H2,1-2H3,(H,17,18)/t12-,13-/m0/s1. The van der Waals surface area contributed by atoms with Crippen LogP contribution in [0.1, 0.15) is 51.9 Å². The van der Waals surface area contributed by atoms with E-state index in [-0.39, 0.29) is 6.42 Å². The number of hydrogen-bond acceptors (Lipinski definition) is 3. The molecule has 1 N–H and O–H groups in total. The predicted octanol–water partition coefficient (Wildman–Crippen LogP) is 2.52. The lowest BCUT2D eigenvalue weighted by Crippen LogP contribution is -2.64. The zero-order chi connectivity index (χ0) is 13.9. The van der Waals surface area contributed by atoms with Gasteiger partial charge in [0, 0.05) is 24.6 Å². The maximum Gasteiger partial charge on any atom is 0.304 e. The first-order valence-corrected chi connectivity index (χ1v) is 7.64. The number of aliphatic carboxylic acids is 1. The molecule has 0 radical (unpaired) electrons. The minimum Gasteiger partial charge on any atom is -0.481 e. The molecule has 0 heterocycles. The van der Waals surface area contributed by atoms with Crippen LogP contribution in [0.5, 0.6) is 0 Å². The Labute approximate surface area is 116 Å². The molecule has 0 unspecified atom stereocenters. The van der Waals surface area contributed by atoms with Crippen molar-refractivity contribution < 1.29 is 14.6 Å². The highest BCUT2D eigenvalue weighted by atomic mass is 16.5. The van der Waals surface area contributed by atoms with Gasteiger partial charge in [0.2, 0.25) is 0 Å². The first-order chi connectivity index (χ1) is 9.10. The summed E-state index contributed by atoms with van der Waals surface area (Å²) in [6.45, 7) is 3.51. The maximum atomic E-state index is 10.7. The molecular formula is C15H27NO3. The van der Waals surface area contributed by atoms with E-state index in [1.807, 2.05) is 0 Å². The van der Waals surface area contributed by atoms with Crippen LogP contribution >= 0.6 is 0 Å². The third-order valence-corrected chi connectivity index (χ3v) is 5.10. The largest absolute Gasteiger partial charge is 0.481 e. The van der Waals surface area contributed by atoms with Crippen LogP contribution in [-0.4, -0.2) is 48.3 Å². The van der Waals surface area contributed by atoms with Crippen LogP contribution in [0.2, 0.25) is 0 Å². The van der Waals surface area contributed by atoms with Gasteiger partial charge in [-0.1, -0.05) is 19.3 Å². The Bertz CT molecular complexity index is 313. The van der Waals surface area contributed by atoms with E-state index in [1.165, 1.54) is 32.1 Å². The van der Waals surface area contributed by atoms with Gasteiger partial charge in [0.1, 0.15) is 0 Å². The molecule has 0 aromatic carbocycles. The lowest BCUT2D eigenvalue weighted by molar-refractivity contribution is -0.179. The second-order valence-electron chi connectivity index (χ2n) is 6.11. The summed E-state index contributed by atoms with van der Waals surface area (Å²) in [6, 6.07) is 0.517. The highest BCUT2D eigenvalue weighted by Crippen LogP contribution is 2.55. The van der Waals surface area contributed by atoms with Gasteiger partial charge in [-0.2, -0.15) is 0 Å². The summed E-state index contributed by atoms with van der Waals surface area (Å²) < 4.78 is 5.93. The Hall–Kier alpha value is -0.610. The summed E-state index contributed by atoms with van der Waals surface area (Å²) in [4.78, 5) is 13.0. The second-order valence-corrected chi connectivity index (χ2v) is 6.11. The molecule has 0 amide bonds. The number of hydrogen-bond donors (Lipinski definition) is 1. The van der Waals surface area contributed by atoms with Crippen molar-refractivity contribution in [3.63, 3.8) is 0 Å². The molecule has 2 fully saturated rings. The van der Waals surface area contributed by atoms with Crippen LogP contribution in [0.3, 0.4) is 0 Å². The van der Waals surface area contributed by atoms with E-state index in [0.29, 0.717) is 24.1 Å². The van der Waals surface area contributed by atoms with Gasteiger partial charge in [-0.15, -0.1) is 0 Å². The summed E-state index contributed by atoms with van der Waals surface area (Å²) in [7, 11) is 2.08. The molecule has 2 aliphatic rings. The van der Waals surface area contributed by atoms with Gasteiger partial charge in [0.05, 0.1) is 12.5 Å². The van der Waals surface area contributed by atoms with E-state index in [2.05, 4.69) is 18.9 Å². The van der Waals surface area contributed by atoms with Crippen molar-refractivity contribution in [2.75, 3.05) is 20.2 Å². The summed E-state index contributed by atoms with van der Waals surface area (Å²) in [5.74, 6) is -0.703. The van der Waals surface area contributed by atoms with Crippen molar-refractivity contribution in [1.29, 1.82) is 0 Å². The van der Waals surface area contributed by atoms with Gasteiger partial charge in [-0.05, 0) is 33.2 Å². The monoisotopic (exact) mass is 269 g/mol. The first-order valence-electron chi connectivity index (χ1n) is 7.64. The van der Waals surface area contributed by atoms with Crippen LogP contribution in [0, 0.1) is 5.41 Å². The van der Waals surface area contributed by atoms with E-state index in [4.69, 9.17) is 9.84 Å². The number of carbonyl (C=O) groups is 1. The van der Waals surface area contributed by atoms with Gasteiger partial charge in [0.15, 0.2) is 0 Å². The Morgan fingerprint density at radius 3 is 2.63 bits per heavy atom. The predicted molar refractivity (Wildman–Crippen MR) is 74.2 cm³/mol.